The van der Waals surface area contributed by atoms with E-state index in [0.29, 0.717) is 23.1 Å². The van der Waals surface area contributed by atoms with Gasteiger partial charge in [0.25, 0.3) is 10.0 Å². The molecule has 0 aromatic heterocycles. The molecule has 9 heteroatoms. The van der Waals surface area contributed by atoms with E-state index < -0.39 is 22.5 Å². The molecule has 6 nitrogen and oxygen atoms in total. The third kappa shape index (κ3) is 6.68. The van der Waals surface area contributed by atoms with E-state index in [1.165, 1.54) is 30.9 Å². The molecule has 0 bridgehead atoms. The number of benzene rings is 3. The number of ether oxygens (including phenoxy) is 1. The van der Waals surface area contributed by atoms with Gasteiger partial charge in [-0.15, -0.1) is 11.8 Å². The number of rotatable bonds is 10. The van der Waals surface area contributed by atoms with Crippen LogP contribution in [0.4, 0.5) is 5.69 Å². The summed E-state index contributed by atoms with van der Waals surface area (Å²) >= 11 is 7.78. The molecule has 0 saturated carbocycles. The van der Waals surface area contributed by atoms with Gasteiger partial charge in [0.15, 0.2) is 0 Å². The first-order chi connectivity index (χ1) is 16.2. The van der Waals surface area contributed by atoms with Gasteiger partial charge in [0.05, 0.1) is 17.7 Å². The second-order valence-electron chi connectivity index (χ2n) is 7.65. The van der Waals surface area contributed by atoms with Crippen LogP contribution in [0.15, 0.2) is 76.5 Å². The quantitative estimate of drug-likeness (QED) is 0.299. The summed E-state index contributed by atoms with van der Waals surface area (Å²) in [6.07, 6.45) is 0. The van der Waals surface area contributed by atoms with Crippen LogP contribution in [0.5, 0.6) is 5.75 Å². The fourth-order valence-electron chi connectivity index (χ4n) is 3.18. The molecular formula is C25H27ClN2O4S2. The Morgan fingerprint density at radius 3 is 2.24 bits per heavy atom. The Morgan fingerprint density at radius 2 is 1.62 bits per heavy atom. The van der Waals surface area contributed by atoms with Crippen LogP contribution in [0, 0.1) is 13.8 Å². The van der Waals surface area contributed by atoms with Crippen LogP contribution in [0.3, 0.4) is 0 Å². The number of methoxy groups -OCH3 is 1. The summed E-state index contributed by atoms with van der Waals surface area (Å²) in [5.74, 6) is 0.519. The van der Waals surface area contributed by atoms with Crippen LogP contribution in [-0.4, -0.2) is 40.3 Å². The van der Waals surface area contributed by atoms with Gasteiger partial charge in [-0.3, -0.25) is 9.10 Å². The van der Waals surface area contributed by atoms with Crippen LogP contribution >= 0.6 is 23.4 Å². The monoisotopic (exact) mass is 518 g/mol. The zero-order chi connectivity index (χ0) is 24.7. The van der Waals surface area contributed by atoms with Gasteiger partial charge in [0, 0.05) is 22.2 Å². The fraction of sp³-hybridized carbons (Fsp3) is 0.240. The van der Waals surface area contributed by atoms with Gasteiger partial charge in [0.2, 0.25) is 5.91 Å². The minimum Gasteiger partial charge on any atom is -0.495 e. The molecule has 0 saturated heterocycles. The van der Waals surface area contributed by atoms with Gasteiger partial charge in [-0.25, -0.2) is 8.42 Å². The minimum atomic E-state index is -4.06. The number of thioether (sulfide) groups is 1. The van der Waals surface area contributed by atoms with Gasteiger partial charge >= 0.3 is 0 Å². The van der Waals surface area contributed by atoms with E-state index in [0.717, 1.165) is 14.8 Å². The van der Waals surface area contributed by atoms with Crippen molar-refractivity contribution in [3.63, 3.8) is 0 Å². The lowest BCUT2D eigenvalue weighted by atomic mass is 10.2. The highest BCUT2D eigenvalue weighted by molar-refractivity contribution is 7.99. The fourth-order valence-corrected chi connectivity index (χ4v) is 5.53. The van der Waals surface area contributed by atoms with Crippen molar-refractivity contribution < 1.29 is 17.9 Å². The van der Waals surface area contributed by atoms with E-state index in [2.05, 4.69) is 5.32 Å². The third-order valence-electron chi connectivity index (χ3n) is 5.02. The maximum absolute atomic E-state index is 13.5. The Kier molecular flexibility index (Phi) is 8.88. The number of aryl methyl sites for hydroxylation is 2. The summed E-state index contributed by atoms with van der Waals surface area (Å²) in [4.78, 5) is 14.0. The molecule has 1 amide bonds. The molecule has 0 unspecified atom stereocenters. The lowest BCUT2D eigenvalue weighted by molar-refractivity contribution is -0.119. The molecule has 0 fully saturated rings. The van der Waals surface area contributed by atoms with Crippen molar-refractivity contribution in [3.8, 4) is 5.75 Å². The van der Waals surface area contributed by atoms with Crippen LogP contribution in [-0.2, 0) is 14.8 Å². The number of carbonyl (C=O) groups is 1. The molecule has 3 aromatic rings. The zero-order valence-corrected chi connectivity index (χ0v) is 21.6. The molecule has 180 valence electrons. The van der Waals surface area contributed by atoms with Crippen LogP contribution < -0.4 is 14.4 Å². The molecule has 0 aliphatic heterocycles. The van der Waals surface area contributed by atoms with Crippen molar-refractivity contribution in [2.45, 2.75) is 23.6 Å². The molecular weight excluding hydrogens is 492 g/mol. The number of nitrogens with zero attached hydrogens (tertiary/aromatic N) is 1. The topological polar surface area (TPSA) is 75.7 Å². The first-order valence-electron chi connectivity index (χ1n) is 10.6. The van der Waals surface area contributed by atoms with Crippen molar-refractivity contribution in [2.75, 3.05) is 30.3 Å². The summed E-state index contributed by atoms with van der Waals surface area (Å²) < 4.78 is 33.5. The van der Waals surface area contributed by atoms with Crippen LogP contribution in [0.1, 0.15) is 11.1 Å². The largest absolute Gasteiger partial charge is 0.495 e. The van der Waals surface area contributed by atoms with Gasteiger partial charge in [0.1, 0.15) is 12.3 Å². The van der Waals surface area contributed by atoms with E-state index in [1.54, 1.807) is 36.0 Å². The van der Waals surface area contributed by atoms with Gasteiger partial charge < -0.3 is 10.1 Å². The molecule has 0 radical (unpaired) electrons. The van der Waals surface area contributed by atoms with E-state index in [-0.39, 0.29) is 10.6 Å². The van der Waals surface area contributed by atoms with E-state index in [9.17, 15) is 13.2 Å². The Bertz CT molecular complexity index is 1230. The molecule has 0 atom stereocenters. The molecule has 3 rings (SSSR count). The molecule has 0 heterocycles. The van der Waals surface area contributed by atoms with Crippen LogP contribution in [0.2, 0.25) is 5.02 Å². The second-order valence-corrected chi connectivity index (χ2v) is 11.1. The molecule has 0 spiro atoms. The lowest BCUT2D eigenvalue weighted by Crippen LogP contribution is -2.41. The van der Waals surface area contributed by atoms with E-state index >= 15 is 0 Å². The number of amides is 1. The highest BCUT2D eigenvalue weighted by Crippen LogP contribution is 2.34. The Morgan fingerprint density at radius 1 is 1.00 bits per heavy atom. The van der Waals surface area contributed by atoms with Crippen molar-refractivity contribution >= 4 is 45.0 Å². The number of sulfonamides is 1. The van der Waals surface area contributed by atoms with Crippen molar-refractivity contribution in [1.29, 1.82) is 0 Å². The molecule has 0 aliphatic carbocycles. The summed E-state index contributed by atoms with van der Waals surface area (Å²) in [7, 11) is -2.63. The number of nitrogens with one attached hydrogen (secondary N) is 1. The van der Waals surface area contributed by atoms with Crippen molar-refractivity contribution in [2.24, 2.45) is 0 Å². The van der Waals surface area contributed by atoms with E-state index in [4.69, 9.17) is 16.3 Å². The number of hydrogen-bond acceptors (Lipinski definition) is 5. The summed E-state index contributed by atoms with van der Waals surface area (Å²) in [6, 6.07) is 19.2. The average Bonchev–Trinajstić information content (AvgIpc) is 2.81. The first-order valence-corrected chi connectivity index (χ1v) is 13.4. The summed E-state index contributed by atoms with van der Waals surface area (Å²) in [5.41, 5.74) is 2.30. The summed E-state index contributed by atoms with van der Waals surface area (Å²) in [6.45, 7) is 3.88. The highest BCUT2D eigenvalue weighted by Gasteiger charge is 2.29. The SMILES string of the molecule is COc1ccc(Cl)cc1N(CC(=O)NCCSc1ccc(C)cc1)S(=O)(=O)c1ccc(C)cc1. The minimum absolute atomic E-state index is 0.0721. The van der Waals surface area contributed by atoms with Gasteiger partial charge in [-0.05, 0) is 56.3 Å². The average molecular weight is 519 g/mol. The van der Waals surface area contributed by atoms with E-state index in [1.807, 2.05) is 38.1 Å². The molecule has 0 aliphatic rings. The zero-order valence-electron chi connectivity index (χ0n) is 19.2. The maximum atomic E-state index is 13.5. The van der Waals surface area contributed by atoms with Crippen molar-refractivity contribution in [3.05, 3.63) is 82.9 Å². The van der Waals surface area contributed by atoms with Crippen LogP contribution in [0.25, 0.3) is 0 Å². The van der Waals surface area contributed by atoms with Gasteiger partial charge in [-0.2, -0.15) is 0 Å². The molecule has 3 aromatic carbocycles. The predicted octanol–water partition coefficient (Wildman–Crippen LogP) is 5.07. The van der Waals surface area contributed by atoms with Gasteiger partial charge in [-0.1, -0.05) is 47.0 Å². The predicted molar refractivity (Wildman–Crippen MR) is 139 cm³/mol. The molecule has 1 N–H and O–H groups in total. The molecule has 34 heavy (non-hydrogen) atoms. The Balaban J connectivity index is 1.78. The number of carbonyl (C=O) groups excluding carboxylic acids is 1. The Labute approximate surface area is 210 Å². The standard InChI is InChI=1S/C25H27ClN2O4S2/c1-18-4-9-21(10-5-18)33-15-14-27-25(29)17-28(23-16-20(26)8-13-24(23)32-3)34(30,31)22-11-6-19(2)7-12-22/h4-13,16H,14-15,17H2,1-3H3,(H,27,29). The van der Waals surface area contributed by atoms with Crippen molar-refractivity contribution in [1.82, 2.24) is 5.32 Å². The highest BCUT2D eigenvalue weighted by atomic mass is 35.5. The second kappa shape index (κ2) is 11.6. The number of anilines is 1. The maximum Gasteiger partial charge on any atom is 0.264 e. The lowest BCUT2D eigenvalue weighted by Gasteiger charge is -2.26. The third-order valence-corrected chi connectivity index (χ3v) is 8.04. The normalized spacial score (nSPS) is 11.2. The number of hydrogen-bond donors (Lipinski definition) is 1. The first kappa shape index (κ1) is 25.9. The summed E-state index contributed by atoms with van der Waals surface area (Å²) in [5, 5.41) is 3.14. The Hall–Kier alpha value is -2.68. The number of halogens is 1. The smallest absolute Gasteiger partial charge is 0.264 e.